The molecule has 0 aromatic heterocycles. The molecule has 0 unspecified atom stereocenters. The summed E-state index contributed by atoms with van der Waals surface area (Å²) in [5, 5.41) is 2.92. The van der Waals surface area contributed by atoms with Gasteiger partial charge in [0.05, 0.1) is 17.1 Å². The SMILES string of the molecule is C[C@@H]1CN(CC(=O)Nc2cc(S(C)(=O)=O)ccc2F)CCS1. The third-order valence-corrected chi connectivity index (χ3v) is 5.58. The molecule has 1 atom stereocenters. The van der Waals surface area contributed by atoms with E-state index < -0.39 is 15.7 Å². The Morgan fingerprint density at radius 3 is 2.86 bits per heavy atom. The van der Waals surface area contributed by atoms with E-state index in [0.717, 1.165) is 37.2 Å². The van der Waals surface area contributed by atoms with Gasteiger partial charge < -0.3 is 5.32 Å². The van der Waals surface area contributed by atoms with Gasteiger partial charge in [-0.05, 0) is 18.2 Å². The maximum Gasteiger partial charge on any atom is 0.238 e. The number of halogens is 1. The van der Waals surface area contributed by atoms with Crippen LogP contribution in [0.15, 0.2) is 23.1 Å². The fraction of sp³-hybridized carbons (Fsp3) is 0.500. The summed E-state index contributed by atoms with van der Waals surface area (Å²) >= 11 is 1.86. The van der Waals surface area contributed by atoms with E-state index in [4.69, 9.17) is 0 Å². The van der Waals surface area contributed by atoms with Crippen molar-refractivity contribution < 1.29 is 17.6 Å². The molecule has 1 fully saturated rings. The maximum atomic E-state index is 13.7. The van der Waals surface area contributed by atoms with E-state index in [1.165, 1.54) is 6.07 Å². The number of thioether (sulfide) groups is 1. The predicted molar refractivity (Wildman–Crippen MR) is 86.5 cm³/mol. The lowest BCUT2D eigenvalue weighted by molar-refractivity contribution is -0.117. The van der Waals surface area contributed by atoms with Gasteiger partial charge in [0, 0.05) is 30.3 Å². The van der Waals surface area contributed by atoms with Crippen LogP contribution in [0.3, 0.4) is 0 Å². The summed E-state index contributed by atoms with van der Waals surface area (Å²) in [5.74, 6) is -0.0289. The zero-order chi connectivity index (χ0) is 16.3. The maximum absolute atomic E-state index is 13.7. The first-order valence-corrected chi connectivity index (χ1v) is 9.83. The Morgan fingerprint density at radius 2 is 2.23 bits per heavy atom. The highest BCUT2D eigenvalue weighted by atomic mass is 32.2. The molecule has 0 aliphatic carbocycles. The highest BCUT2D eigenvalue weighted by molar-refractivity contribution is 7.99. The number of hydrogen-bond acceptors (Lipinski definition) is 5. The molecule has 1 saturated heterocycles. The first kappa shape index (κ1) is 17.2. The summed E-state index contributed by atoms with van der Waals surface area (Å²) in [6.45, 7) is 3.90. The standard InChI is InChI=1S/C14H19FN2O3S2/c1-10-8-17(5-6-21-10)9-14(18)16-13-7-11(22(2,19)20)3-4-12(13)15/h3-4,7,10H,5-6,8-9H2,1-2H3,(H,16,18)/t10-/m1/s1. The average molecular weight is 346 g/mol. The quantitative estimate of drug-likeness (QED) is 0.839. The minimum Gasteiger partial charge on any atom is -0.322 e. The fourth-order valence-corrected chi connectivity index (χ4v) is 3.99. The van der Waals surface area contributed by atoms with Crippen molar-refractivity contribution in [2.45, 2.75) is 17.1 Å². The topological polar surface area (TPSA) is 66.5 Å². The van der Waals surface area contributed by atoms with Gasteiger partial charge in [0.1, 0.15) is 5.82 Å². The van der Waals surface area contributed by atoms with Crippen molar-refractivity contribution in [1.82, 2.24) is 4.90 Å². The van der Waals surface area contributed by atoms with E-state index in [1.54, 1.807) is 0 Å². The number of hydrogen-bond donors (Lipinski definition) is 1. The molecule has 1 aromatic rings. The van der Waals surface area contributed by atoms with E-state index in [2.05, 4.69) is 12.2 Å². The van der Waals surface area contributed by atoms with Crippen molar-refractivity contribution >= 4 is 33.2 Å². The van der Waals surface area contributed by atoms with Gasteiger partial charge in [0.15, 0.2) is 9.84 Å². The summed E-state index contributed by atoms with van der Waals surface area (Å²) in [7, 11) is -3.44. The van der Waals surface area contributed by atoms with Gasteiger partial charge in [0.25, 0.3) is 0 Å². The number of sulfone groups is 1. The monoisotopic (exact) mass is 346 g/mol. The van der Waals surface area contributed by atoms with Crippen LogP contribution >= 0.6 is 11.8 Å². The molecule has 1 amide bonds. The number of nitrogens with one attached hydrogen (secondary N) is 1. The van der Waals surface area contributed by atoms with Crippen molar-refractivity contribution in [2.75, 3.05) is 37.0 Å². The molecule has 1 aliphatic heterocycles. The zero-order valence-electron chi connectivity index (χ0n) is 12.5. The Labute approximate surface area is 134 Å². The number of benzene rings is 1. The second-order valence-electron chi connectivity index (χ2n) is 5.38. The Balaban J connectivity index is 2.05. The van der Waals surface area contributed by atoms with Gasteiger partial charge in [-0.1, -0.05) is 6.92 Å². The van der Waals surface area contributed by atoms with Crippen LogP contribution < -0.4 is 5.32 Å². The first-order valence-electron chi connectivity index (χ1n) is 6.89. The van der Waals surface area contributed by atoms with Crippen LogP contribution in [0.2, 0.25) is 0 Å². The smallest absolute Gasteiger partial charge is 0.238 e. The van der Waals surface area contributed by atoms with Gasteiger partial charge >= 0.3 is 0 Å². The highest BCUT2D eigenvalue weighted by Crippen LogP contribution is 2.20. The lowest BCUT2D eigenvalue weighted by Crippen LogP contribution is -2.41. The molecule has 2 rings (SSSR count). The minimum absolute atomic E-state index is 0.0211. The van der Waals surface area contributed by atoms with Gasteiger partial charge in [-0.15, -0.1) is 0 Å². The molecule has 0 radical (unpaired) electrons. The third-order valence-electron chi connectivity index (χ3n) is 3.33. The highest BCUT2D eigenvalue weighted by Gasteiger charge is 2.20. The van der Waals surface area contributed by atoms with Crippen LogP contribution in [-0.2, 0) is 14.6 Å². The van der Waals surface area contributed by atoms with E-state index >= 15 is 0 Å². The van der Waals surface area contributed by atoms with Gasteiger partial charge in [0.2, 0.25) is 5.91 Å². The Kier molecular flexibility index (Phi) is 5.46. The molecular weight excluding hydrogens is 327 g/mol. The zero-order valence-corrected chi connectivity index (χ0v) is 14.1. The lowest BCUT2D eigenvalue weighted by Gasteiger charge is -2.29. The molecule has 122 valence electrons. The second kappa shape index (κ2) is 6.97. The normalized spacial score (nSPS) is 19.9. The molecule has 0 saturated carbocycles. The van der Waals surface area contributed by atoms with Crippen LogP contribution in [0.25, 0.3) is 0 Å². The largest absolute Gasteiger partial charge is 0.322 e. The minimum atomic E-state index is -3.44. The van der Waals surface area contributed by atoms with Crippen molar-refractivity contribution in [3.63, 3.8) is 0 Å². The van der Waals surface area contributed by atoms with Gasteiger partial charge in [-0.2, -0.15) is 11.8 Å². The number of carbonyl (C=O) groups excluding carboxylic acids is 1. The molecular formula is C14H19FN2O3S2. The van der Waals surface area contributed by atoms with Crippen LogP contribution in [0, 0.1) is 5.82 Å². The van der Waals surface area contributed by atoms with E-state index in [0.29, 0.717) is 5.25 Å². The van der Waals surface area contributed by atoms with E-state index in [9.17, 15) is 17.6 Å². The van der Waals surface area contributed by atoms with E-state index in [1.807, 2.05) is 16.7 Å². The molecule has 0 bridgehead atoms. The van der Waals surface area contributed by atoms with Crippen molar-refractivity contribution in [3.8, 4) is 0 Å². The molecule has 1 N–H and O–H groups in total. The molecule has 8 heteroatoms. The van der Waals surface area contributed by atoms with Gasteiger partial charge in [-0.25, -0.2) is 12.8 Å². The van der Waals surface area contributed by atoms with Crippen LogP contribution in [0.4, 0.5) is 10.1 Å². The summed E-state index contributed by atoms with van der Waals surface area (Å²) in [6, 6.07) is 3.38. The molecule has 22 heavy (non-hydrogen) atoms. The third kappa shape index (κ3) is 4.69. The fourth-order valence-electron chi connectivity index (χ4n) is 2.26. The van der Waals surface area contributed by atoms with Crippen molar-refractivity contribution in [3.05, 3.63) is 24.0 Å². The molecule has 1 aromatic carbocycles. The van der Waals surface area contributed by atoms with Gasteiger partial charge in [-0.3, -0.25) is 9.69 Å². The average Bonchev–Trinajstić information content (AvgIpc) is 2.40. The number of rotatable bonds is 4. The summed E-state index contributed by atoms with van der Waals surface area (Å²) in [6.07, 6.45) is 1.04. The lowest BCUT2D eigenvalue weighted by atomic mass is 10.3. The Bertz CT molecular complexity index is 664. The Hall–Kier alpha value is -1.12. The second-order valence-corrected chi connectivity index (χ2v) is 8.94. The summed E-state index contributed by atoms with van der Waals surface area (Å²) in [5.41, 5.74) is -0.104. The number of carbonyl (C=O) groups is 1. The van der Waals surface area contributed by atoms with Crippen LogP contribution in [-0.4, -0.2) is 56.1 Å². The van der Waals surface area contributed by atoms with Crippen molar-refractivity contribution in [2.24, 2.45) is 0 Å². The number of nitrogens with zero attached hydrogens (tertiary/aromatic N) is 1. The van der Waals surface area contributed by atoms with Crippen molar-refractivity contribution in [1.29, 1.82) is 0 Å². The van der Waals surface area contributed by atoms with Crippen LogP contribution in [0.1, 0.15) is 6.92 Å². The molecule has 5 nitrogen and oxygen atoms in total. The van der Waals surface area contributed by atoms with Crippen LogP contribution in [0.5, 0.6) is 0 Å². The Morgan fingerprint density at radius 1 is 1.50 bits per heavy atom. The summed E-state index contributed by atoms with van der Waals surface area (Å²) in [4.78, 5) is 14.0. The molecule has 0 spiro atoms. The van der Waals surface area contributed by atoms with E-state index in [-0.39, 0.29) is 23.0 Å². The first-order chi connectivity index (χ1) is 10.3. The predicted octanol–water partition coefficient (Wildman–Crippen LogP) is 1.60. The number of anilines is 1. The number of amides is 1. The molecule has 1 heterocycles. The molecule has 1 aliphatic rings. The summed E-state index contributed by atoms with van der Waals surface area (Å²) < 4.78 is 36.7.